The van der Waals surface area contributed by atoms with Crippen LogP contribution in [0.3, 0.4) is 0 Å². The van der Waals surface area contributed by atoms with E-state index in [1.54, 1.807) is 39.1 Å². The lowest BCUT2D eigenvalue weighted by molar-refractivity contribution is 0.0635. The number of ether oxygens (including phenoxy) is 1. The molecule has 0 spiro atoms. The molecule has 0 aliphatic rings. The smallest absolute Gasteiger partial charge is 0.412 e. The number of thioether (sulfide) groups is 1. The van der Waals surface area contributed by atoms with Gasteiger partial charge in [-0.05, 0) is 56.9 Å². The average molecular weight is 391 g/mol. The maximum atomic E-state index is 13.7. The van der Waals surface area contributed by atoms with Crippen LogP contribution in [0.4, 0.5) is 20.6 Å². The van der Waals surface area contributed by atoms with Crippen molar-refractivity contribution in [1.82, 2.24) is 4.98 Å². The van der Waals surface area contributed by atoms with Gasteiger partial charge in [0.15, 0.2) is 0 Å². The van der Waals surface area contributed by atoms with Gasteiger partial charge < -0.3 is 10.1 Å². The van der Waals surface area contributed by atoms with Crippen molar-refractivity contribution in [3.8, 4) is 0 Å². The third-order valence-electron chi connectivity index (χ3n) is 3.15. The van der Waals surface area contributed by atoms with Gasteiger partial charge in [-0.25, -0.2) is 14.2 Å². The van der Waals surface area contributed by atoms with Crippen LogP contribution in [-0.4, -0.2) is 28.3 Å². The zero-order valence-electron chi connectivity index (χ0n) is 15.6. The molecule has 0 fully saturated rings. The van der Waals surface area contributed by atoms with E-state index in [1.807, 2.05) is 6.92 Å². The molecule has 0 aliphatic carbocycles. The fourth-order valence-corrected chi connectivity index (χ4v) is 2.76. The zero-order chi connectivity index (χ0) is 20.0. The first-order valence-corrected chi connectivity index (χ1v) is 9.36. The van der Waals surface area contributed by atoms with E-state index in [0.29, 0.717) is 5.56 Å². The minimum atomic E-state index is -0.699. The molecule has 0 saturated carbocycles. The molecule has 1 aromatic carbocycles. The Labute approximate surface area is 161 Å². The lowest BCUT2D eigenvalue weighted by Gasteiger charge is -2.20. The second-order valence-corrected chi connectivity index (χ2v) is 7.87. The van der Waals surface area contributed by atoms with Crippen LogP contribution in [0.15, 0.2) is 41.6 Å². The summed E-state index contributed by atoms with van der Waals surface area (Å²) in [6.45, 7) is 7.18. The highest BCUT2D eigenvalue weighted by atomic mass is 32.2. The van der Waals surface area contributed by atoms with Crippen LogP contribution in [0, 0.1) is 5.82 Å². The van der Waals surface area contributed by atoms with Crippen molar-refractivity contribution >= 4 is 35.1 Å². The second-order valence-electron chi connectivity index (χ2n) is 6.59. The third kappa shape index (κ3) is 6.56. The highest BCUT2D eigenvalue weighted by molar-refractivity contribution is 7.99. The third-order valence-corrected chi connectivity index (χ3v) is 3.96. The molecular formula is C19H22FN3O3S. The minimum absolute atomic E-state index is 0.132. The molecule has 2 aromatic rings. The van der Waals surface area contributed by atoms with E-state index in [2.05, 4.69) is 15.6 Å². The predicted octanol–water partition coefficient (Wildman–Crippen LogP) is 4.93. The number of amides is 2. The van der Waals surface area contributed by atoms with Crippen LogP contribution in [0.2, 0.25) is 0 Å². The highest BCUT2D eigenvalue weighted by Crippen LogP contribution is 2.25. The summed E-state index contributed by atoms with van der Waals surface area (Å²) in [6, 6.07) is 6.90. The maximum Gasteiger partial charge on any atom is 0.412 e. The molecule has 1 aromatic heterocycles. The topological polar surface area (TPSA) is 80.3 Å². The SMILES string of the molecule is CCSc1cc(C(=O)Nc2cc(F)ccc2NC(=O)OC(C)(C)C)ccn1. The Hall–Kier alpha value is -2.61. The summed E-state index contributed by atoms with van der Waals surface area (Å²) in [5, 5.41) is 5.86. The van der Waals surface area contributed by atoms with Crippen LogP contribution in [0.25, 0.3) is 0 Å². The Morgan fingerprint density at radius 3 is 2.56 bits per heavy atom. The van der Waals surface area contributed by atoms with Crippen molar-refractivity contribution in [2.75, 3.05) is 16.4 Å². The average Bonchev–Trinajstić information content (AvgIpc) is 2.56. The molecule has 0 bridgehead atoms. The number of nitrogens with one attached hydrogen (secondary N) is 2. The monoisotopic (exact) mass is 391 g/mol. The number of aromatic nitrogens is 1. The van der Waals surface area contributed by atoms with Crippen molar-refractivity contribution in [3.63, 3.8) is 0 Å². The summed E-state index contributed by atoms with van der Waals surface area (Å²) in [7, 11) is 0. The largest absolute Gasteiger partial charge is 0.444 e. The van der Waals surface area contributed by atoms with Gasteiger partial charge in [-0.2, -0.15) is 0 Å². The highest BCUT2D eigenvalue weighted by Gasteiger charge is 2.18. The lowest BCUT2D eigenvalue weighted by Crippen LogP contribution is -2.27. The number of carbonyl (C=O) groups excluding carboxylic acids is 2. The predicted molar refractivity (Wildman–Crippen MR) is 105 cm³/mol. The molecule has 144 valence electrons. The van der Waals surface area contributed by atoms with E-state index in [9.17, 15) is 14.0 Å². The molecule has 0 radical (unpaired) electrons. The Balaban J connectivity index is 2.20. The molecule has 8 heteroatoms. The Morgan fingerprint density at radius 2 is 1.89 bits per heavy atom. The number of benzene rings is 1. The molecule has 1 heterocycles. The molecule has 2 rings (SSSR count). The van der Waals surface area contributed by atoms with Gasteiger partial charge in [-0.15, -0.1) is 11.8 Å². The van der Waals surface area contributed by atoms with Crippen LogP contribution in [-0.2, 0) is 4.74 Å². The molecule has 2 amide bonds. The summed E-state index contributed by atoms with van der Waals surface area (Å²) < 4.78 is 18.9. The van der Waals surface area contributed by atoms with Crippen molar-refractivity contribution in [2.45, 2.75) is 38.3 Å². The van der Waals surface area contributed by atoms with E-state index >= 15 is 0 Å². The van der Waals surface area contributed by atoms with Crippen LogP contribution >= 0.6 is 11.8 Å². The van der Waals surface area contributed by atoms with E-state index in [1.165, 1.54) is 23.9 Å². The fourth-order valence-electron chi connectivity index (χ4n) is 2.11. The number of hydrogen-bond acceptors (Lipinski definition) is 5. The number of pyridine rings is 1. The number of carbonyl (C=O) groups is 2. The quantitative estimate of drug-likeness (QED) is 0.706. The van der Waals surface area contributed by atoms with Gasteiger partial charge in [0.1, 0.15) is 11.4 Å². The Bertz CT molecular complexity index is 837. The molecular weight excluding hydrogens is 369 g/mol. The molecule has 0 atom stereocenters. The number of rotatable bonds is 5. The van der Waals surface area contributed by atoms with Gasteiger partial charge in [-0.1, -0.05) is 6.92 Å². The van der Waals surface area contributed by atoms with E-state index < -0.39 is 23.4 Å². The second kappa shape index (κ2) is 8.85. The molecule has 0 unspecified atom stereocenters. The summed E-state index contributed by atoms with van der Waals surface area (Å²) in [6.07, 6.45) is 0.841. The zero-order valence-corrected chi connectivity index (χ0v) is 16.4. The number of halogens is 1. The first-order chi connectivity index (χ1) is 12.7. The summed E-state index contributed by atoms with van der Waals surface area (Å²) >= 11 is 1.51. The standard InChI is InChI=1S/C19H22FN3O3S/c1-5-27-16-10-12(8-9-21-16)17(24)22-15-11-13(20)6-7-14(15)23-18(25)26-19(2,3)4/h6-11H,5H2,1-4H3,(H,22,24)(H,23,25). The number of anilines is 2. The van der Waals surface area contributed by atoms with Crippen molar-refractivity contribution in [2.24, 2.45) is 0 Å². The lowest BCUT2D eigenvalue weighted by atomic mass is 10.2. The van der Waals surface area contributed by atoms with Crippen molar-refractivity contribution < 1.29 is 18.7 Å². The van der Waals surface area contributed by atoms with E-state index in [0.717, 1.165) is 16.8 Å². The summed E-state index contributed by atoms with van der Waals surface area (Å²) in [4.78, 5) is 28.7. The normalized spacial score (nSPS) is 11.0. The fraction of sp³-hybridized carbons (Fsp3) is 0.316. The molecule has 0 aliphatic heterocycles. The van der Waals surface area contributed by atoms with E-state index in [-0.39, 0.29) is 11.4 Å². The summed E-state index contributed by atoms with van der Waals surface area (Å²) in [5.41, 5.74) is 0.0646. The molecule has 2 N–H and O–H groups in total. The molecule has 27 heavy (non-hydrogen) atoms. The van der Waals surface area contributed by atoms with E-state index in [4.69, 9.17) is 4.74 Å². The van der Waals surface area contributed by atoms with Gasteiger partial charge in [0, 0.05) is 11.8 Å². The number of hydrogen-bond donors (Lipinski definition) is 2. The van der Waals surface area contributed by atoms with Crippen molar-refractivity contribution in [1.29, 1.82) is 0 Å². The van der Waals surface area contributed by atoms with Crippen LogP contribution in [0.5, 0.6) is 0 Å². The van der Waals surface area contributed by atoms with Gasteiger partial charge in [0.25, 0.3) is 5.91 Å². The Kier molecular flexibility index (Phi) is 6.79. The summed E-state index contributed by atoms with van der Waals surface area (Å²) in [5.74, 6) is -0.156. The van der Waals surface area contributed by atoms with Gasteiger partial charge in [0.05, 0.1) is 16.4 Å². The molecule has 6 nitrogen and oxygen atoms in total. The minimum Gasteiger partial charge on any atom is -0.444 e. The van der Waals surface area contributed by atoms with Crippen LogP contribution < -0.4 is 10.6 Å². The maximum absolute atomic E-state index is 13.7. The van der Waals surface area contributed by atoms with Gasteiger partial charge in [-0.3, -0.25) is 10.1 Å². The first-order valence-electron chi connectivity index (χ1n) is 8.37. The van der Waals surface area contributed by atoms with Gasteiger partial charge >= 0.3 is 6.09 Å². The number of nitrogens with zero attached hydrogens (tertiary/aromatic N) is 1. The molecule has 0 saturated heterocycles. The first kappa shape index (κ1) is 20.7. The van der Waals surface area contributed by atoms with Crippen molar-refractivity contribution in [3.05, 3.63) is 47.9 Å². The van der Waals surface area contributed by atoms with Crippen LogP contribution in [0.1, 0.15) is 38.1 Å². The Morgan fingerprint density at radius 1 is 1.15 bits per heavy atom. The van der Waals surface area contributed by atoms with Gasteiger partial charge in [0.2, 0.25) is 0 Å².